The summed E-state index contributed by atoms with van der Waals surface area (Å²) < 4.78 is 0. The third-order valence-electron chi connectivity index (χ3n) is 11.2. The van der Waals surface area contributed by atoms with Gasteiger partial charge in [0.1, 0.15) is 0 Å². The third-order valence-corrected chi connectivity index (χ3v) is 11.2. The van der Waals surface area contributed by atoms with Gasteiger partial charge in [-0.2, -0.15) is 4.99 Å². The van der Waals surface area contributed by atoms with Crippen molar-refractivity contribution in [2.24, 2.45) is 9.98 Å². The van der Waals surface area contributed by atoms with Crippen molar-refractivity contribution < 1.29 is 0 Å². The Morgan fingerprint density at radius 1 is 0.286 bits per heavy atom. The molecule has 0 saturated carbocycles. The van der Waals surface area contributed by atoms with E-state index in [1.807, 2.05) is 18.2 Å². The highest BCUT2D eigenvalue weighted by atomic mass is 15.4. The average molecular weight is 813 g/mol. The zero-order valence-electron chi connectivity index (χ0n) is 34.5. The highest BCUT2D eigenvalue weighted by molar-refractivity contribution is 6.08. The lowest BCUT2D eigenvalue weighted by molar-refractivity contribution is 0.703. The minimum absolute atomic E-state index is 0.471. The van der Waals surface area contributed by atoms with Gasteiger partial charge in [-0.05, 0) is 103 Å². The van der Waals surface area contributed by atoms with E-state index in [9.17, 15) is 0 Å². The smallest absolute Gasteiger partial charge is 0.229 e. The summed E-state index contributed by atoms with van der Waals surface area (Å²) in [5, 5.41) is 14.0. The van der Waals surface area contributed by atoms with Gasteiger partial charge in [0, 0.05) is 17.1 Å². The summed E-state index contributed by atoms with van der Waals surface area (Å²) in [6.45, 7) is 0. The SMILES string of the molecule is c1ccc(-c2ccc(-c3ccc(NC4=NC(Nc5ccc(-c6ccc(-c7ccccc7)cc6)cc5)NC(Nc5ccc(-c6ccc(-c7ccccc7)cc6)cc5)=N4)cc3)cc2)cc1. The number of benzene rings is 9. The summed E-state index contributed by atoms with van der Waals surface area (Å²) in [6.07, 6.45) is -0.506. The van der Waals surface area contributed by atoms with Crippen molar-refractivity contribution in [2.75, 3.05) is 16.0 Å². The Labute approximate surface area is 368 Å². The third kappa shape index (κ3) is 9.31. The molecule has 0 aliphatic carbocycles. The molecule has 1 atom stereocenters. The van der Waals surface area contributed by atoms with Crippen LogP contribution in [0.4, 0.5) is 17.1 Å². The summed E-state index contributed by atoms with van der Waals surface area (Å²) in [5.41, 5.74) is 16.8. The minimum atomic E-state index is -0.506. The number of nitrogens with one attached hydrogen (secondary N) is 4. The molecule has 0 spiro atoms. The summed E-state index contributed by atoms with van der Waals surface area (Å²) in [4.78, 5) is 9.82. The molecule has 9 aromatic rings. The van der Waals surface area contributed by atoms with E-state index in [0.29, 0.717) is 11.9 Å². The molecule has 0 amide bonds. The Bertz CT molecular complexity index is 2970. The highest BCUT2D eigenvalue weighted by Gasteiger charge is 2.18. The van der Waals surface area contributed by atoms with E-state index in [0.717, 1.165) is 50.4 Å². The standard InChI is InChI=1S/C57H44N6/c1-4-10-40(11-5-1)43-16-22-46(23-17-43)49-28-34-52(35-29-49)58-55-61-56(59-53-36-30-50(31-37-53)47-24-18-44(19-25-47)41-12-6-2-7-13-41)63-57(62-55)60-54-38-32-51(33-39-54)48-26-20-45(21-27-48)42-14-8-3-9-15-42/h1-39,55,58H,(H3,59,60,61,62,63). The number of anilines is 3. The van der Waals surface area contributed by atoms with Crippen LogP contribution in [0, 0.1) is 0 Å². The molecule has 0 radical (unpaired) electrons. The maximum Gasteiger partial charge on any atom is 0.229 e. The molecule has 1 heterocycles. The second kappa shape index (κ2) is 18.0. The average Bonchev–Trinajstić information content (AvgIpc) is 3.36. The fraction of sp³-hybridized carbons (Fsp3) is 0.0175. The van der Waals surface area contributed by atoms with Crippen molar-refractivity contribution in [2.45, 2.75) is 6.29 Å². The molecular formula is C57H44N6. The van der Waals surface area contributed by atoms with Gasteiger partial charge in [0.05, 0.1) is 0 Å². The van der Waals surface area contributed by atoms with Crippen molar-refractivity contribution in [3.63, 3.8) is 0 Å². The first kappa shape index (κ1) is 38.7. The van der Waals surface area contributed by atoms with Crippen LogP contribution in [0.3, 0.4) is 0 Å². The van der Waals surface area contributed by atoms with Crippen molar-refractivity contribution in [3.8, 4) is 66.8 Å². The highest BCUT2D eigenvalue weighted by Crippen LogP contribution is 2.29. The fourth-order valence-corrected chi connectivity index (χ4v) is 7.78. The molecule has 6 nitrogen and oxygen atoms in total. The van der Waals surface area contributed by atoms with Gasteiger partial charge in [0.2, 0.25) is 11.9 Å². The van der Waals surface area contributed by atoms with Crippen LogP contribution in [-0.2, 0) is 0 Å². The molecule has 6 heteroatoms. The van der Waals surface area contributed by atoms with Crippen LogP contribution in [-0.4, -0.2) is 18.2 Å². The molecule has 0 bridgehead atoms. The predicted octanol–water partition coefficient (Wildman–Crippen LogP) is 13.9. The molecule has 4 N–H and O–H groups in total. The molecule has 0 saturated heterocycles. The summed E-state index contributed by atoms with van der Waals surface area (Å²) in [5.74, 6) is 1.04. The quantitative estimate of drug-likeness (QED) is 0.111. The van der Waals surface area contributed by atoms with Crippen molar-refractivity contribution in [1.82, 2.24) is 5.32 Å². The molecule has 63 heavy (non-hydrogen) atoms. The summed E-state index contributed by atoms with van der Waals surface area (Å²) >= 11 is 0. The van der Waals surface area contributed by atoms with Crippen LogP contribution in [0.15, 0.2) is 247 Å². The first-order chi connectivity index (χ1) is 31.1. The Kier molecular flexibility index (Phi) is 11.1. The van der Waals surface area contributed by atoms with Gasteiger partial charge in [-0.25, -0.2) is 4.99 Å². The predicted molar refractivity (Wildman–Crippen MR) is 265 cm³/mol. The van der Waals surface area contributed by atoms with E-state index >= 15 is 0 Å². The van der Waals surface area contributed by atoms with Crippen molar-refractivity contribution in [3.05, 3.63) is 237 Å². The van der Waals surface area contributed by atoms with Crippen LogP contribution < -0.4 is 21.3 Å². The Hall–Kier alpha value is -8.48. The number of hydrogen-bond acceptors (Lipinski definition) is 6. The summed E-state index contributed by atoms with van der Waals surface area (Å²) in [6, 6.07) is 82.6. The molecule has 1 aliphatic rings. The number of aliphatic imine (C=N–C) groups is 2. The topological polar surface area (TPSA) is 72.8 Å². The molecule has 9 aromatic carbocycles. The maximum atomic E-state index is 4.94. The lowest BCUT2D eigenvalue weighted by Crippen LogP contribution is -2.47. The van der Waals surface area contributed by atoms with Crippen LogP contribution in [0.2, 0.25) is 0 Å². The van der Waals surface area contributed by atoms with Gasteiger partial charge < -0.3 is 21.3 Å². The van der Waals surface area contributed by atoms with Gasteiger partial charge in [0.15, 0.2) is 6.29 Å². The van der Waals surface area contributed by atoms with E-state index < -0.39 is 6.29 Å². The van der Waals surface area contributed by atoms with Crippen molar-refractivity contribution >= 4 is 29.0 Å². The maximum absolute atomic E-state index is 4.94. The lowest BCUT2D eigenvalue weighted by atomic mass is 10.0. The first-order valence-corrected chi connectivity index (χ1v) is 21.2. The Morgan fingerprint density at radius 3 is 0.889 bits per heavy atom. The fourth-order valence-electron chi connectivity index (χ4n) is 7.78. The number of rotatable bonds is 10. The zero-order valence-corrected chi connectivity index (χ0v) is 34.5. The van der Waals surface area contributed by atoms with Crippen LogP contribution in [0.25, 0.3) is 66.8 Å². The normalized spacial score (nSPS) is 13.2. The van der Waals surface area contributed by atoms with E-state index in [1.54, 1.807) is 0 Å². The lowest BCUT2D eigenvalue weighted by Gasteiger charge is -2.25. The summed E-state index contributed by atoms with van der Waals surface area (Å²) in [7, 11) is 0. The number of nitrogens with zero attached hydrogens (tertiary/aromatic N) is 2. The Morgan fingerprint density at radius 2 is 0.556 bits per heavy atom. The van der Waals surface area contributed by atoms with E-state index in [1.165, 1.54) is 33.4 Å². The van der Waals surface area contributed by atoms with Crippen LogP contribution in [0.5, 0.6) is 0 Å². The zero-order chi connectivity index (χ0) is 42.2. The van der Waals surface area contributed by atoms with Gasteiger partial charge in [0.25, 0.3) is 0 Å². The van der Waals surface area contributed by atoms with Gasteiger partial charge in [-0.15, -0.1) is 0 Å². The van der Waals surface area contributed by atoms with Crippen LogP contribution >= 0.6 is 0 Å². The van der Waals surface area contributed by atoms with Gasteiger partial charge in [-0.1, -0.05) is 200 Å². The van der Waals surface area contributed by atoms with E-state index in [2.05, 4.69) is 240 Å². The van der Waals surface area contributed by atoms with Crippen molar-refractivity contribution in [1.29, 1.82) is 0 Å². The molecule has 1 unspecified atom stereocenters. The number of guanidine groups is 2. The monoisotopic (exact) mass is 812 g/mol. The molecule has 0 fully saturated rings. The molecular weight excluding hydrogens is 769 g/mol. The van der Waals surface area contributed by atoms with E-state index in [-0.39, 0.29) is 0 Å². The molecule has 10 rings (SSSR count). The van der Waals surface area contributed by atoms with Gasteiger partial charge >= 0.3 is 0 Å². The first-order valence-electron chi connectivity index (χ1n) is 21.2. The minimum Gasteiger partial charge on any atom is -0.347 e. The van der Waals surface area contributed by atoms with Gasteiger partial charge in [-0.3, -0.25) is 0 Å². The second-order valence-corrected chi connectivity index (χ2v) is 15.4. The molecule has 302 valence electrons. The second-order valence-electron chi connectivity index (χ2n) is 15.4. The Balaban J connectivity index is 0.854. The molecule has 1 aliphatic heterocycles. The number of hydrogen-bond donors (Lipinski definition) is 4. The van der Waals surface area contributed by atoms with Crippen LogP contribution in [0.1, 0.15) is 0 Å². The van der Waals surface area contributed by atoms with E-state index in [4.69, 9.17) is 9.98 Å². The largest absolute Gasteiger partial charge is 0.347 e. The molecule has 0 aromatic heterocycles.